The Bertz CT molecular complexity index is 802. The Morgan fingerprint density at radius 1 is 1.27 bits per heavy atom. The first-order valence-corrected chi connectivity index (χ1v) is 8.14. The number of hydrogen-bond acceptors (Lipinski definition) is 5. The van der Waals surface area contributed by atoms with E-state index in [1.807, 2.05) is 0 Å². The van der Waals surface area contributed by atoms with Gasteiger partial charge in [-0.3, -0.25) is 9.59 Å². The molecule has 26 heavy (non-hydrogen) atoms. The number of rotatable bonds is 6. The van der Waals surface area contributed by atoms with Gasteiger partial charge in [0, 0.05) is 18.3 Å². The van der Waals surface area contributed by atoms with Crippen molar-refractivity contribution in [3.05, 3.63) is 48.4 Å². The Labute approximate surface area is 149 Å². The highest BCUT2D eigenvalue weighted by atomic mass is 16.5. The number of likely N-dealkylation sites (tertiary alicyclic amines) is 1. The Morgan fingerprint density at radius 2 is 2.12 bits per heavy atom. The van der Waals surface area contributed by atoms with Crippen molar-refractivity contribution >= 4 is 23.5 Å². The number of carboxylic acid groups (broad SMARTS) is 1. The molecule has 1 atom stereocenters. The van der Waals surface area contributed by atoms with Crippen LogP contribution in [0.15, 0.2) is 47.1 Å². The summed E-state index contributed by atoms with van der Waals surface area (Å²) in [6.07, 6.45) is 2.52. The topological polar surface area (TPSA) is 109 Å². The van der Waals surface area contributed by atoms with Gasteiger partial charge in [0.2, 0.25) is 0 Å². The van der Waals surface area contributed by atoms with E-state index in [9.17, 15) is 14.4 Å². The second-order valence-electron chi connectivity index (χ2n) is 5.83. The molecule has 1 fully saturated rings. The molecule has 8 nitrogen and oxygen atoms in total. The first-order chi connectivity index (χ1) is 12.5. The molecule has 1 aliphatic rings. The highest BCUT2D eigenvalue weighted by molar-refractivity contribution is 6.02. The van der Waals surface area contributed by atoms with Crippen LogP contribution in [0.25, 0.3) is 0 Å². The van der Waals surface area contributed by atoms with Gasteiger partial charge >= 0.3 is 5.97 Å². The van der Waals surface area contributed by atoms with Crippen LogP contribution in [-0.4, -0.2) is 47.0 Å². The zero-order valence-electron chi connectivity index (χ0n) is 13.9. The minimum Gasteiger partial charge on any atom is -0.484 e. The van der Waals surface area contributed by atoms with Gasteiger partial charge in [-0.15, -0.1) is 0 Å². The number of aliphatic carboxylic acids is 1. The molecule has 2 heterocycles. The molecule has 1 aliphatic heterocycles. The lowest BCUT2D eigenvalue weighted by Gasteiger charge is -2.21. The van der Waals surface area contributed by atoms with Crippen molar-refractivity contribution in [1.29, 1.82) is 0 Å². The van der Waals surface area contributed by atoms with E-state index in [1.54, 1.807) is 36.4 Å². The molecule has 2 amide bonds. The fourth-order valence-electron chi connectivity index (χ4n) is 2.81. The Balaban J connectivity index is 1.58. The van der Waals surface area contributed by atoms with Crippen molar-refractivity contribution in [1.82, 2.24) is 4.90 Å². The van der Waals surface area contributed by atoms with Gasteiger partial charge in [-0.25, -0.2) is 4.79 Å². The highest BCUT2D eigenvalue weighted by Crippen LogP contribution is 2.20. The molecule has 0 unspecified atom stereocenters. The summed E-state index contributed by atoms with van der Waals surface area (Å²) < 4.78 is 10.5. The molecule has 0 aliphatic carbocycles. The van der Waals surface area contributed by atoms with Gasteiger partial charge in [0.15, 0.2) is 12.4 Å². The lowest BCUT2D eigenvalue weighted by molar-refractivity contribution is -0.148. The second kappa shape index (κ2) is 7.73. The summed E-state index contributed by atoms with van der Waals surface area (Å²) in [7, 11) is 0. The maximum absolute atomic E-state index is 12.2. The fourth-order valence-corrected chi connectivity index (χ4v) is 2.81. The number of nitrogens with one attached hydrogen (secondary N) is 1. The monoisotopic (exact) mass is 358 g/mol. The van der Waals surface area contributed by atoms with Gasteiger partial charge in [-0.1, -0.05) is 6.07 Å². The summed E-state index contributed by atoms with van der Waals surface area (Å²) in [4.78, 5) is 36.6. The number of ether oxygens (including phenoxy) is 1. The standard InChI is InChI=1S/C18H18N2O6/c21-16(20-8-2-6-14(20)18(23)24)11-26-13-5-1-4-12(10-13)19-17(22)15-7-3-9-25-15/h1,3-5,7,9-10,14H,2,6,8,11H2,(H,19,22)(H,23,24)/t14-/m1/s1. The summed E-state index contributed by atoms with van der Waals surface area (Å²) in [6, 6.07) is 8.95. The van der Waals surface area contributed by atoms with Crippen LogP contribution in [0.4, 0.5) is 5.69 Å². The number of carbonyl (C=O) groups excluding carboxylic acids is 2. The van der Waals surface area contributed by atoms with Crippen LogP contribution in [0.3, 0.4) is 0 Å². The average Bonchev–Trinajstić information content (AvgIpc) is 3.31. The van der Waals surface area contributed by atoms with Crippen molar-refractivity contribution < 1.29 is 28.6 Å². The molecule has 136 valence electrons. The molecule has 3 rings (SSSR count). The molecule has 0 spiro atoms. The van der Waals surface area contributed by atoms with E-state index in [0.29, 0.717) is 30.8 Å². The quantitative estimate of drug-likeness (QED) is 0.817. The minimum absolute atomic E-state index is 0.181. The van der Waals surface area contributed by atoms with E-state index in [-0.39, 0.29) is 18.3 Å². The average molecular weight is 358 g/mol. The number of carboxylic acids is 1. The number of nitrogens with zero attached hydrogens (tertiary/aromatic N) is 1. The van der Waals surface area contributed by atoms with Crippen molar-refractivity contribution in [3.8, 4) is 5.75 Å². The summed E-state index contributed by atoms with van der Waals surface area (Å²) in [5, 5.41) is 11.8. The minimum atomic E-state index is -1.00. The third-order valence-electron chi connectivity index (χ3n) is 4.06. The first-order valence-electron chi connectivity index (χ1n) is 8.14. The maximum atomic E-state index is 12.2. The lowest BCUT2D eigenvalue weighted by Crippen LogP contribution is -2.42. The van der Waals surface area contributed by atoms with Crippen LogP contribution >= 0.6 is 0 Å². The van der Waals surface area contributed by atoms with Crippen molar-refractivity contribution in [3.63, 3.8) is 0 Å². The number of furan rings is 1. The fraction of sp³-hybridized carbons (Fsp3) is 0.278. The van der Waals surface area contributed by atoms with Crippen molar-refractivity contribution in [2.24, 2.45) is 0 Å². The number of anilines is 1. The Hall–Kier alpha value is -3.29. The van der Waals surface area contributed by atoms with Crippen LogP contribution < -0.4 is 10.1 Å². The van der Waals surface area contributed by atoms with Gasteiger partial charge < -0.3 is 24.5 Å². The Morgan fingerprint density at radius 3 is 2.85 bits per heavy atom. The number of hydrogen-bond donors (Lipinski definition) is 2. The zero-order valence-corrected chi connectivity index (χ0v) is 13.9. The molecule has 0 radical (unpaired) electrons. The number of amides is 2. The lowest BCUT2D eigenvalue weighted by atomic mass is 10.2. The van der Waals surface area contributed by atoms with Crippen LogP contribution in [0, 0.1) is 0 Å². The zero-order chi connectivity index (χ0) is 18.5. The molecular formula is C18H18N2O6. The van der Waals surface area contributed by atoms with Crippen molar-refractivity contribution in [2.45, 2.75) is 18.9 Å². The van der Waals surface area contributed by atoms with E-state index < -0.39 is 17.9 Å². The summed E-state index contributed by atoms with van der Waals surface area (Å²) >= 11 is 0. The first kappa shape index (κ1) is 17.5. The van der Waals surface area contributed by atoms with E-state index in [1.165, 1.54) is 11.2 Å². The smallest absolute Gasteiger partial charge is 0.326 e. The predicted octanol–water partition coefficient (Wildman–Crippen LogP) is 1.99. The predicted molar refractivity (Wildman–Crippen MR) is 91.0 cm³/mol. The molecule has 1 saturated heterocycles. The van der Waals surface area contributed by atoms with Gasteiger partial charge in [-0.05, 0) is 37.1 Å². The molecule has 0 bridgehead atoms. The molecule has 1 aromatic carbocycles. The van der Waals surface area contributed by atoms with Crippen LogP contribution in [0.5, 0.6) is 5.75 Å². The van der Waals surface area contributed by atoms with Gasteiger partial charge in [0.25, 0.3) is 11.8 Å². The number of carbonyl (C=O) groups is 3. The summed E-state index contributed by atoms with van der Waals surface area (Å²) in [6.45, 7) is 0.151. The van der Waals surface area contributed by atoms with Gasteiger partial charge in [-0.2, -0.15) is 0 Å². The van der Waals surface area contributed by atoms with Crippen LogP contribution in [0.2, 0.25) is 0 Å². The van der Waals surface area contributed by atoms with Gasteiger partial charge in [0.1, 0.15) is 11.8 Å². The molecule has 0 saturated carbocycles. The SMILES string of the molecule is O=C(Nc1cccc(OCC(=O)N2CCC[C@@H]2C(=O)O)c1)c1ccco1. The normalized spacial score (nSPS) is 16.3. The third kappa shape index (κ3) is 4.02. The summed E-state index contributed by atoms with van der Waals surface area (Å²) in [5.74, 6) is -1.20. The van der Waals surface area contributed by atoms with Crippen molar-refractivity contribution in [2.75, 3.05) is 18.5 Å². The Kier molecular flexibility index (Phi) is 5.21. The molecule has 1 aromatic heterocycles. The van der Waals surface area contributed by atoms with Crippen LogP contribution in [-0.2, 0) is 9.59 Å². The number of benzene rings is 1. The molecule has 8 heteroatoms. The molecular weight excluding hydrogens is 340 g/mol. The third-order valence-corrected chi connectivity index (χ3v) is 4.06. The van der Waals surface area contributed by atoms with E-state index >= 15 is 0 Å². The van der Waals surface area contributed by atoms with E-state index in [0.717, 1.165) is 0 Å². The van der Waals surface area contributed by atoms with E-state index in [2.05, 4.69) is 5.32 Å². The second-order valence-corrected chi connectivity index (χ2v) is 5.83. The summed E-state index contributed by atoms with van der Waals surface area (Å²) in [5.41, 5.74) is 0.487. The molecule has 2 N–H and O–H groups in total. The van der Waals surface area contributed by atoms with E-state index in [4.69, 9.17) is 14.3 Å². The maximum Gasteiger partial charge on any atom is 0.326 e. The largest absolute Gasteiger partial charge is 0.484 e. The van der Waals surface area contributed by atoms with Crippen LogP contribution in [0.1, 0.15) is 23.4 Å². The molecule has 2 aromatic rings. The highest BCUT2D eigenvalue weighted by Gasteiger charge is 2.33. The van der Waals surface area contributed by atoms with Gasteiger partial charge in [0.05, 0.1) is 6.26 Å².